The Morgan fingerprint density at radius 3 is 2.68 bits per heavy atom. The lowest BCUT2D eigenvalue weighted by Crippen LogP contribution is -2.62. The maximum atomic E-state index is 14.6. The van der Waals surface area contributed by atoms with Gasteiger partial charge in [-0.05, 0) is 87.3 Å². The van der Waals surface area contributed by atoms with Crippen molar-refractivity contribution in [2.45, 2.75) is 91.5 Å². The van der Waals surface area contributed by atoms with E-state index in [0.29, 0.717) is 42.9 Å². The van der Waals surface area contributed by atoms with E-state index in [2.05, 4.69) is 65.8 Å². The van der Waals surface area contributed by atoms with Gasteiger partial charge in [0.25, 0.3) is 11.8 Å². The third-order valence-electron chi connectivity index (χ3n) is 12.9. The Hall–Kier alpha value is -5.89. The number of cyclic esters (lactones) is 1. The number of pyridine rings is 1. The predicted octanol–water partition coefficient (Wildman–Crippen LogP) is 5.24. The smallest absolute Gasteiger partial charge is 0.324 e. The molecule has 65 heavy (non-hydrogen) atoms. The first kappa shape index (κ1) is 47.1. The largest absolute Gasteiger partial charge is 0.464 e. The summed E-state index contributed by atoms with van der Waals surface area (Å²) in [5, 5.41) is 7.93. The molecule has 344 valence electrons. The van der Waals surface area contributed by atoms with Crippen molar-refractivity contribution >= 4 is 51.8 Å². The highest BCUT2D eigenvalue weighted by molar-refractivity contribution is 7.10. The molecular formula is C49H60N8O7S. The molecule has 0 unspecified atom stereocenters. The van der Waals surface area contributed by atoms with Crippen LogP contribution in [0.2, 0.25) is 0 Å². The molecule has 6 bridgehead atoms. The molecule has 15 nitrogen and oxygen atoms in total. The van der Waals surface area contributed by atoms with Crippen LogP contribution >= 0.6 is 11.3 Å². The molecule has 4 amide bonds. The molecule has 0 spiro atoms. The van der Waals surface area contributed by atoms with Crippen LogP contribution in [0.15, 0.2) is 54.1 Å². The maximum absolute atomic E-state index is 14.6. The van der Waals surface area contributed by atoms with Crippen LogP contribution in [0.4, 0.5) is 0 Å². The number of nitrogens with zero attached hydrogens (tertiary/aromatic N) is 6. The van der Waals surface area contributed by atoms with E-state index >= 15 is 0 Å². The molecule has 0 saturated carbocycles. The number of ether oxygens (including phenoxy) is 2. The van der Waals surface area contributed by atoms with Gasteiger partial charge in [-0.25, -0.2) is 10.4 Å². The van der Waals surface area contributed by atoms with Gasteiger partial charge in [0.1, 0.15) is 18.1 Å². The van der Waals surface area contributed by atoms with Crippen molar-refractivity contribution in [1.29, 1.82) is 0 Å². The number of likely N-dealkylation sites (tertiary alicyclic amines) is 1. The van der Waals surface area contributed by atoms with E-state index in [-0.39, 0.29) is 43.4 Å². The number of benzene rings is 1. The Kier molecular flexibility index (Phi) is 14.0. The minimum atomic E-state index is -1.13. The minimum Gasteiger partial charge on any atom is -0.464 e. The van der Waals surface area contributed by atoms with Gasteiger partial charge in [-0.15, -0.1) is 11.3 Å². The van der Waals surface area contributed by atoms with Crippen molar-refractivity contribution in [2.24, 2.45) is 24.3 Å². The lowest BCUT2D eigenvalue weighted by molar-refractivity contribution is -0.155. The Bertz CT molecular complexity index is 2590. The van der Waals surface area contributed by atoms with Crippen LogP contribution in [0.25, 0.3) is 33.4 Å². The normalized spacial score (nSPS) is 22.0. The third-order valence-corrected chi connectivity index (χ3v) is 13.7. The number of hydrogen-bond donors (Lipinski definition) is 2. The molecule has 2 N–H and O–H groups in total. The monoisotopic (exact) mass is 904 g/mol. The fourth-order valence-electron chi connectivity index (χ4n) is 9.38. The van der Waals surface area contributed by atoms with Gasteiger partial charge < -0.3 is 29.2 Å². The molecule has 6 atom stereocenters. The minimum absolute atomic E-state index is 0.0386. The van der Waals surface area contributed by atoms with Crippen molar-refractivity contribution in [3.8, 4) is 34.4 Å². The fraction of sp³-hybridized carbons (Fsp3) is 0.490. The Morgan fingerprint density at radius 2 is 1.95 bits per heavy atom. The van der Waals surface area contributed by atoms with Gasteiger partial charge >= 0.3 is 5.97 Å². The maximum Gasteiger partial charge on any atom is 0.324 e. The summed E-state index contributed by atoms with van der Waals surface area (Å²) >= 11 is 1.38. The van der Waals surface area contributed by atoms with Gasteiger partial charge in [-0.3, -0.25) is 34.0 Å². The Morgan fingerprint density at radius 1 is 1.18 bits per heavy atom. The number of aryl methyl sites for hydroxylation is 1. The van der Waals surface area contributed by atoms with E-state index in [1.165, 1.54) is 21.2 Å². The van der Waals surface area contributed by atoms with Crippen molar-refractivity contribution in [3.63, 3.8) is 0 Å². The molecule has 0 radical (unpaired) electrons. The first-order valence-electron chi connectivity index (χ1n) is 22.1. The van der Waals surface area contributed by atoms with Crippen LogP contribution in [0.5, 0.6) is 0 Å². The molecule has 7 rings (SSSR count). The van der Waals surface area contributed by atoms with Crippen LogP contribution in [0, 0.1) is 29.1 Å². The molecule has 0 aliphatic carbocycles. The van der Waals surface area contributed by atoms with Gasteiger partial charge in [0.05, 0.1) is 40.7 Å². The van der Waals surface area contributed by atoms with Crippen molar-refractivity contribution in [3.05, 3.63) is 70.3 Å². The van der Waals surface area contributed by atoms with Gasteiger partial charge in [-0.2, -0.15) is 0 Å². The second kappa shape index (κ2) is 19.3. The summed E-state index contributed by atoms with van der Waals surface area (Å²) in [7, 11) is 5.26. The summed E-state index contributed by atoms with van der Waals surface area (Å²) in [6, 6.07) is 7.19. The fourth-order valence-corrected chi connectivity index (χ4v) is 10.2. The summed E-state index contributed by atoms with van der Waals surface area (Å²) in [5.41, 5.74) is 9.42. The molecule has 16 heteroatoms. The van der Waals surface area contributed by atoms with Crippen LogP contribution in [-0.2, 0) is 53.3 Å². The van der Waals surface area contributed by atoms with Crippen LogP contribution < -0.4 is 10.7 Å². The van der Waals surface area contributed by atoms with E-state index in [1.807, 2.05) is 38.4 Å². The number of hydrogen-bond acceptors (Lipinski definition) is 11. The lowest BCUT2D eigenvalue weighted by atomic mass is 9.84. The number of esters is 1. The van der Waals surface area contributed by atoms with Crippen molar-refractivity contribution < 1.29 is 33.4 Å². The van der Waals surface area contributed by atoms with E-state index in [4.69, 9.17) is 19.4 Å². The Labute approximate surface area is 384 Å². The molecule has 3 aliphatic rings. The molecule has 2 fully saturated rings. The van der Waals surface area contributed by atoms with Crippen LogP contribution in [-0.4, -0.2) is 117 Å². The number of aromatic nitrogens is 3. The summed E-state index contributed by atoms with van der Waals surface area (Å²) in [5.74, 6) is 2.24. The summed E-state index contributed by atoms with van der Waals surface area (Å²) < 4.78 is 14.0. The zero-order chi connectivity index (χ0) is 46.9. The Balaban J connectivity index is 1.25. The second-order valence-electron chi connectivity index (χ2n) is 18.5. The van der Waals surface area contributed by atoms with E-state index < -0.39 is 47.2 Å². The first-order chi connectivity index (χ1) is 30.9. The standard InChI is InChI=1S/C49H60N8O7S/c1-11-14-41(58)56-24-29(4)35(25-56)46(60)55(9)43(28(2)3)45(59)52-37-22-40-51-38(26-65-40)31-17-18-39-33(21-31)34(44(54(39)8)32-15-12-19-50-42(32)30(5)63-10)23-49(6,7)27-64-48(62)36-16-13-20-57(53-36)47(37)61/h12,15,17-19,21,26,29-30,35-37,43,53H,2,13,16,20,22-25,27H2,1,3-10H3,(H,52,59)/t29-,30-,35+,36-,37-,43-/m0/s1. The predicted molar refractivity (Wildman–Crippen MR) is 249 cm³/mol. The summed E-state index contributed by atoms with van der Waals surface area (Å²) in [6.07, 6.45) is 3.08. The highest BCUT2D eigenvalue weighted by atomic mass is 32.1. The quantitative estimate of drug-likeness (QED) is 0.136. The van der Waals surface area contributed by atoms with E-state index in [9.17, 15) is 24.0 Å². The number of rotatable bonds is 8. The highest BCUT2D eigenvalue weighted by Crippen LogP contribution is 2.41. The van der Waals surface area contributed by atoms with Gasteiger partial charge in [0.2, 0.25) is 11.8 Å². The average Bonchev–Trinajstić information content (AvgIpc) is 3.99. The molecule has 4 aromatic rings. The number of carbonyl (C=O) groups excluding carboxylic acids is 5. The molecule has 2 saturated heterocycles. The summed E-state index contributed by atoms with van der Waals surface area (Å²) in [6.45, 7) is 16.3. The topological polar surface area (TPSA) is 168 Å². The molecular weight excluding hydrogens is 845 g/mol. The third kappa shape index (κ3) is 9.73. The number of methoxy groups -OCH3 is 1. The zero-order valence-electron chi connectivity index (χ0n) is 38.8. The van der Waals surface area contributed by atoms with Gasteiger partial charge in [0.15, 0.2) is 0 Å². The SMILES string of the molecule is C=C(C)[C@@H](C(=O)N[C@H]1Cc2nc(cs2)-c2ccc3c(c2)c(c(-c2cccnc2[C@H](C)OC)n3C)CC(C)(C)COC(=O)[C@@H]2CCCN(N2)C1=O)N(C)C(=O)[C@@H]1CN(C(=O)C#CC)C[C@@H]1C. The van der Waals surface area contributed by atoms with Crippen molar-refractivity contribution in [2.75, 3.05) is 40.4 Å². The number of thiazole rings is 1. The number of amides is 4. The number of fused-ring (bicyclic) bond motifs is 6. The van der Waals surface area contributed by atoms with E-state index in [1.54, 1.807) is 39.1 Å². The average molecular weight is 905 g/mol. The molecule has 1 aromatic carbocycles. The van der Waals surface area contributed by atoms with Crippen LogP contribution in [0.1, 0.15) is 76.8 Å². The highest BCUT2D eigenvalue weighted by Gasteiger charge is 2.42. The molecule has 6 heterocycles. The van der Waals surface area contributed by atoms with Gasteiger partial charge in [0, 0.05) is 86.3 Å². The second-order valence-corrected chi connectivity index (χ2v) is 19.4. The van der Waals surface area contributed by atoms with Crippen LogP contribution in [0.3, 0.4) is 0 Å². The molecule has 3 aliphatic heterocycles. The lowest BCUT2D eigenvalue weighted by Gasteiger charge is -2.36. The number of hydrazine groups is 1. The van der Waals surface area contributed by atoms with E-state index in [0.717, 1.165) is 44.7 Å². The zero-order valence-corrected chi connectivity index (χ0v) is 39.6. The van der Waals surface area contributed by atoms with Crippen molar-refractivity contribution in [1.82, 2.24) is 40.1 Å². The van der Waals surface area contributed by atoms with Gasteiger partial charge in [-0.1, -0.05) is 39.3 Å². The number of carbonyl (C=O) groups is 5. The number of nitrogens with one attached hydrogen (secondary N) is 2. The summed E-state index contributed by atoms with van der Waals surface area (Å²) in [4.78, 5) is 82.2. The number of likely N-dealkylation sites (N-methyl/N-ethyl adjacent to an activating group) is 1. The first-order valence-corrected chi connectivity index (χ1v) is 23.0. The molecule has 3 aromatic heterocycles.